The average molecular weight is 257 g/mol. The third-order valence-corrected chi connectivity index (χ3v) is 2.13. The van der Waals surface area contributed by atoms with Gasteiger partial charge in [0, 0.05) is 5.56 Å². The lowest BCUT2D eigenvalue weighted by molar-refractivity contribution is 0.0494. The third-order valence-electron chi connectivity index (χ3n) is 2.13. The Hall–Kier alpha value is -1.65. The molecule has 18 heavy (non-hydrogen) atoms. The van der Waals surface area contributed by atoms with E-state index in [4.69, 9.17) is 4.74 Å². The summed E-state index contributed by atoms with van der Waals surface area (Å²) < 4.78 is 31.3. The largest absolute Gasteiger partial charge is 0.444 e. The van der Waals surface area contributed by atoms with E-state index in [2.05, 4.69) is 5.32 Å². The molecule has 1 amide bonds. The number of benzene rings is 1. The van der Waals surface area contributed by atoms with Crippen molar-refractivity contribution in [2.24, 2.45) is 0 Å². The van der Waals surface area contributed by atoms with Crippen LogP contribution >= 0.6 is 0 Å². The molecule has 0 fully saturated rings. The minimum atomic E-state index is -1.04. The monoisotopic (exact) mass is 257 g/mol. The standard InChI is InChI=1S/C13H17F2NO2/c1-13(2,3)18-12(17)16-11(8-14)9-6-4-5-7-10(9)15/h4-7,11H,8H2,1-3H3,(H,16,17). The molecule has 0 heterocycles. The maximum atomic E-state index is 13.5. The topological polar surface area (TPSA) is 38.3 Å². The number of amides is 1. The van der Waals surface area contributed by atoms with Crippen LogP contribution in [0.4, 0.5) is 13.6 Å². The first-order valence-corrected chi connectivity index (χ1v) is 5.63. The quantitative estimate of drug-likeness (QED) is 0.901. The van der Waals surface area contributed by atoms with Crippen molar-refractivity contribution in [2.75, 3.05) is 6.67 Å². The van der Waals surface area contributed by atoms with E-state index in [1.54, 1.807) is 26.8 Å². The Balaban J connectivity index is 2.74. The van der Waals surface area contributed by atoms with Crippen molar-refractivity contribution >= 4 is 6.09 Å². The van der Waals surface area contributed by atoms with Gasteiger partial charge < -0.3 is 10.1 Å². The maximum Gasteiger partial charge on any atom is 0.408 e. The van der Waals surface area contributed by atoms with Gasteiger partial charge in [0.15, 0.2) is 0 Å². The van der Waals surface area contributed by atoms with Gasteiger partial charge in [0.25, 0.3) is 0 Å². The summed E-state index contributed by atoms with van der Waals surface area (Å²) in [5, 5.41) is 2.30. The van der Waals surface area contributed by atoms with Gasteiger partial charge in [-0.15, -0.1) is 0 Å². The van der Waals surface area contributed by atoms with Crippen molar-refractivity contribution in [3.63, 3.8) is 0 Å². The van der Waals surface area contributed by atoms with Crippen LogP contribution < -0.4 is 5.32 Å². The van der Waals surface area contributed by atoms with Crippen LogP contribution in [-0.2, 0) is 4.74 Å². The first-order valence-electron chi connectivity index (χ1n) is 5.63. The highest BCUT2D eigenvalue weighted by molar-refractivity contribution is 5.68. The molecule has 1 rings (SSSR count). The van der Waals surface area contributed by atoms with Crippen LogP contribution in [0.3, 0.4) is 0 Å². The Labute approximate surface area is 105 Å². The first kappa shape index (κ1) is 14.4. The zero-order valence-corrected chi connectivity index (χ0v) is 10.7. The molecule has 0 aromatic heterocycles. The highest BCUT2D eigenvalue weighted by Gasteiger charge is 2.22. The second-order valence-electron chi connectivity index (χ2n) is 4.87. The van der Waals surface area contributed by atoms with Gasteiger partial charge in [-0.1, -0.05) is 18.2 Å². The predicted octanol–water partition coefficient (Wildman–Crippen LogP) is 3.36. The van der Waals surface area contributed by atoms with E-state index in [1.165, 1.54) is 18.2 Å². The molecule has 1 N–H and O–H groups in total. The van der Waals surface area contributed by atoms with Crippen LogP contribution in [0.15, 0.2) is 24.3 Å². The van der Waals surface area contributed by atoms with E-state index in [1.807, 2.05) is 0 Å². The Morgan fingerprint density at radius 1 is 1.39 bits per heavy atom. The Kier molecular flexibility index (Phi) is 4.64. The Morgan fingerprint density at radius 3 is 2.50 bits per heavy atom. The van der Waals surface area contributed by atoms with Crippen molar-refractivity contribution < 1.29 is 18.3 Å². The fraction of sp³-hybridized carbons (Fsp3) is 0.462. The number of hydrogen-bond acceptors (Lipinski definition) is 2. The maximum absolute atomic E-state index is 13.5. The van der Waals surface area contributed by atoms with Gasteiger partial charge >= 0.3 is 6.09 Å². The minimum Gasteiger partial charge on any atom is -0.444 e. The summed E-state index contributed by atoms with van der Waals surface area (Å²) >= 11 is 0. The molecule has 3 nitrogen and oxygen atoms in total. The molecular formula is C13H17F2NO2. The lowest BCUT2D eigenvalue weighted by Gasteiger charge is -2.22. The van der Waals surface area contributed by atoms with E-state index < -0.39 is 30.2 Å². The summed E-state index contributed by atoms with van der Waals surface area (Å²) in [6.45, 7) is 4.18. The second kappa shape index (κ2) is 5.80. The van der Waals surface area contributed by atoms with Crippen LogP contribution in [0.1, 0.15) is 32.4 Å². The average Bonchev–Trinajstić information content (AvgIpc) is 2.24. The van der Waals surface area contributed by atoms with Gasteiger partial charge in [-0.3, -0.25) is 0 Å². The summed E-state index contributed by atoms with van der Waals surface area (Å²) in [5.41, 5.74) is -0.578. The number of alkyl carbamates (subject to hydrolysis) is 1. The molecule has 0 radical (unpaired) electrons. The lowest BCUT2D eigenvalue weighted by atomic mass is 10.1. The van der Waals surface area contributed by atoms with Gasteiger partial charge in [-0.25, -0.2) is 13.6 Å². The normalized spacial score (nSPS) is 12.9. The number of ether oxygens (including phenoxy) is 1. The van der Waals surface area contributed by atoms with E-state index >= 15 is 0 Å². The van der Waals surface area contributed by atoms with Crippen molar-refractivity contribution in [2.45, 2.75) is 32.4 Å². The van der Waals surface area contributed by atoms with Crippen molar-refractivity contribution in [3.05, 3.63) is 35.6 Å². The van der Waals surface area contributed by atoms with Gasteiger partial charge in [0.05, 0.1) is 6.04 Å². The molecule has 1 aromatic carbocycles. The number of halogens is 2. The molecule has 0 spiro atoms. The van der Waals surface area contributed by atoms with Crippen molar-refractivity contribution in [1.29, 1.82) is 0 Å². The van der Waals surface area contributed by atoms with E-state index in [0.717, 1.165) is 0 Å². The van der Waals surface area contributed by atoms with Crippen molar-refractivity contribution in [1.82, 2.24) is 5.32 Å². The summed E-state index contributed by atoms with van der Waals surface area (Å²) in [6, 6.07) is 4.69. The number of carbonyl (C=O) groups excluding carboxylic acids is 1. The van der Waals surface area contributed by atoms with E-state index in [-0.39, 0.29) is 5.56 Å². The second-order valence-corrected chi connectivity index (χ2v) is 4.87. The molecule has 1 atom stereocenters. The molecule has 0 aliphatic carbocycles. The first-order chi connectivity index (χ1) is 8.33. The SMILES string of the molecule is CC(C)(C)OC(=O)NC(CF)c1ccccc1F. The molecule has 0 saturated heterocycles. The Bertz CT molecular complexity index is 416. The highest BCUT2D eigenvalue weighted by atomic mass is 19.1. The van der Waals surface area contributed by atoms with Crippen LogP contribution in [0, 0.1) is 5.82 Å². The summed E-state index contributed by atoms with van der Waals surface area (Å²) in [6.07, 6.45) is -0.770. The minimum absolute atomic E-state index is 0.103. The molecule has 1 unspecified atom stereocenters. The molecule has 0 aliphatic heterocycles. The highest BCUT2D eigenvalue weighted by Crippen LogP contribution is 2.18. The summed E-state index contributed by atoms with van der Waals surface area (Å²) in [5.74, 6) is -0.559. The number of rotatable bonds is 3. The molecule has 0 bridgehead atoms. The summed E-state index contributed by atoms with van der Waals surface area (Å²) in [7, 11) is 0. The predicted molar refractivity (Wildman–Crippen MR) is 64.5 cm³/mol. The number of nitrogens with one attached hydrogen (secondary N) is 1. The summed E-state index contributed by atoms with van der Waals surface area (Å²) in [4.78, 5) is 11.5. The third kappa shape index (κ3) is 4.31. The molecule has 0 saturated carbocycles. The number of carbonyl (C=O) groups is 1. The lowest BCUT2D eigenvalue weighted by Crippen LogP contribution is -2.36. The molecule has 1 aromatic rings. The van der Waals surface area contributed by atoms with Crippen LogP contribution in [-0.4, -0.2) is 18.4 Å². The van der Waals surface area contributed by atoms with Crippen LogP contribution in [0.2, 0.25) is 0 Å². The van der Waals surface area contributed by atoms with E-state index in [0.29, 0.717) is 0 Å². The van der Waals surface area contributed by atoms with Gasteiger partial charge in [0.2, 0.25) is 0 Å². The van der Waals surface area contributed by atoms with Crippen LogP contribution in [0.5, 0.6) is 0 Å². The van der Waals surface area contributed by atoms with Gasteiger partial charge in [0.1, 0.15) is 18.1 Å². The number of alkyl halides is 1. The Morgan fingerprint density at radius 2 is 2.00 bits per heavy atom. The molecule has 100 valence electrons. The molecular weight excluding hydrogens is 240 g/mol. The van der Waals surface area contributed by atoms with E-state index in [9.17, 15) is 13.6 Å². The van der Waals surface area contributed by atoms with Crippen molar-refractivity contribution in [3.8, 4) is 0 Å². The fourth-order valence-electron chi connectivity index (χ4n) is 1.41. The fourth-order valence-corrected chi connectivity index (χ4v) is 1.41. The van der Waals surface area contributed by atoms with Gasteiger partial charge in [-0.05, 0) is 26.8 Å². The zero-order chi connectivity index (χ0) is 13.8. The molecule has 5 heteroatoms. The molecule has 0 aliphatic rings. The number of hydrogen-bond donors (Lipinski definition) is 1. The van der Waals surface area contributed by atoms with Gasteiger partial charge in [-0.2, -0.15) is 0 Å². The zero-order valence-electron chi connectivity index (χ0n) is 10.7. The van der Waals surface area contributed by atoms with Crippen LogP contribution in [0.25, 0.3) is 0 Å². The smallest absolute Gasteiger partial charge is 0.408 e.